The zero-order valence-electron chi connectivity index (χ0n) is 15.4. The molecule has 0 saturated heterocycles. The molecule has 9 nitrogen and oxygen atoms in total. The Morgan fingerprint density at radius 1 is 0.867 bits per heavy atom. The van der Waals surface area contributed by atoms with Crippen molar-refractivity contribution in [1.82, 2.24) is 0 Å². The number of hydrogen-bond donors (Lipinski definition) is 1. The van der Waals surface area contributed by atoms with E-state index in [0.717, 1.165) is 18.2 Å². The van der Waals surface area contributed by atoms with Crippen molar-refractivity contribution in [3.63, 3.8) is 0 Å². The van der Waals surface area contributed by atoms with Gasteiger partial charge < -0.3 is 14.8 Å². The van der Waals surface area contributed by atoms with Crippen molar-refractivity contribution in [1.29, 1.82) is 0 Å². The molecule has 3 rings (SSSR count). The number of rotatable bonds is 4. The van der Waals surface area contributed by atoms with Gasteiger partial charge in [0, 0.05) is 15.8 Å². The molecule has 0 aliphatic carbocycles. The van der Waals surface area contributed by atoms with Gasteiger partial charge in [-0.2, -0.15) is 0 Å². The minimum atomic E-state index is -4.92. The quantitative estimate of drug-likeness (QED) is 0.252. The van der Waals surface area contributed by atoms with E-state index in [9.17, 15) is 25.9 Å². The third-order valence-electron chi connectivity index (χ3n) is 4.07. The number of aryl methyl sites for hydroxylation is 1. The molecule has 0 amide bonds. The van der Waals surface area contributed by atoms with Gasteiger partial charge in [-0.15, -0.1) is 10.2 Å². The molecule has 0 radical (unpaired) electrons. The SMILES string of the molecule is Cc1cc(S(=O)(=O)[O-])c(N=Nc2cc(S(=O)(=O)[O-])c(N)c3ccccc23)cc1Cl.[Ca+2]. The summed E-state index contributed by atoms with van der Waals surface area (Å²) in [6.45, 7) is 1.51. The summed E-state index contributed by atoms with van der Waals surface area (Å²) in [6.07, 6.45) is 0. The van der Waals surface area contributed by atoms with E-state index in [1.165, 1.54) is 13.0 Å². The van der Waals surface area contributed by atoms with Crippen molar-refractivity contribution >= 4 is 97.4 Å². The molecule has 0 bridgehead atoms. The Labute approximate surface area is 207 Å². The summed E-state index contributed by atoms with van der Waals surface area (Å²) >= 11 is 5.98. The van der Waals surface area contributed by atoms with Crippen molar-refractivity contribution < 1.29 is 25.9 Å². The molecule has 2 N–H and O–H groups in total. The number of azo groups is 1. The van der Waals surface area contributed by atoms with Crippen LogP contribution in [0.2, 0.25) is 5.02 Å². The number of nitrogens with two attached hydrogens (primary N) is 1. The first-order valence-corrected chi connectivity index (χ1v) is 11.0. The largest absolute Gasteiger partial charge is 2.00 e. The van der Waals surface area contributed by atoms with Crippen molar-refractivity contribution in [2.24, 2.45) is 10.2 Å². The van der Waals surface area contributed by atoms with Crippen LogP contribution in [0.1, 0.15) is 5.56 Å². The van der Waals surface area contributed by atoms with Gasteiger partial charge in [-0.3, -0.25) is 0 Å². The monoisotopic (exact) mass is 493 g/mol. The Hall–Kier alpha value is -1.31. The maximum absolute atomic E-state index is 11.5. The average molecular weight is 494 g/mol. The summed E-state index contributed by atoms with van der Waals surface area (Å²) in [5.74, 6) is 0. The molecule has 0 spiro atoms. The molecule has 0 heterocycles. The second kappa shape index (κ2) is 9.05. The predicted molar refractivity (Wildman–Crippen MR) is 110 cm³/mol. The Bertz CT molecular complexity index is 1390. The van der Waals surface area contributed by atoms with E-state index in [2.05, 4.69) is 10.2 Å². The number of nitrogens with zero attached hydrogens (tertiary/aromatic N) is 2. The Morgan fingerprint density at radius 2 is 1.40 bits per heavy atom. The summed E-state index contributed by atoms with van der Waals surface area (Å²) in [4.78, 5) is -1.33. The van der Waals surface area contributed by atoms with Crippen LogP contribution >= 0.6 is 11.6 Å². The number of halogens is 1. The average Bonchev–Trinajstić information content (AvgIpc) is 2.62. The molecule has 0 atom stereocenters. The second-order valence-electron chi connectivity index (χ2n) is 6.03. The summed E-state index contributed by atoms with van der Waals surface area (Å²) in [7, 11) is -9.80. The maximum Gasteiger partial charge on any atom is 2.00 e. The van der Waals surface area contributed by atoms with E-state index in [0.29, 0.717) is 10.9 Å². The van der Waals surface area contributed by atoms with Crippen molar-refractivity contribution in [3.05, 3.63) is 53.1 Å². The van der Waals surface area contributed by atoms with Crippen LogP contribution in [0, 0.1) is 6.92 Å². The number of fused-ring (bicyclic) bond motifs is 1. The van der Waals surface area contributed by atoms with Gasteiger partial charge >= 0.3 is 37.7 Å². The van der Waals surface area contributed by atoms with E-state index in [4.69, 9.17) is 17.3 Å². The van der Waals surface area contributed by atoms with Crippen LogP contribution in [0.25, 0.3) is 10.8 Å². The molecule has 0 saturated carbocycles. The molecule has 3 aromatic carbocycles. The zero-order valence-corrected chi connectivity index (χ0v) is 20.0. The van der Waals surface area contributed by atoms with E-state index in [1.807, 2.05) is 0 Å². The Morgan fingerprint density at radius 3 is 1.97 bits per heavy atom. The van der Waals surface area contributed by atoms with Crippen LogP contribution in [-0.4, -0.2) is 63.7 Å². The fourth-order valence-electron chi connectivity index (χ4n) is 2.67. The molecule has 0 fully saturated rings. The van der Waals surface area contributed by atoms with Crippen LogP contribution in [0.5, 0.6) is 0 Å². The van der Waals surface area contributed by atoms with Crippen LogP contribution in [0.15, 0.2) is 62.5 Å². The van der Waals surface area contributed by atoms with E-state index in [1.54, 1.807) is 18.2 Å². The molecule has 30 heavy (non-hydrogen) atoms. The molecule has 152 valence electrons. The molecular weight excluding hydrogens is 482 g/mol. The summed E-state index contributed by atoms with van der Waals surface area (Å²) < 4.78 is 69.2. The minimum Gasteiger partial charge on any atom is -0.744 e. The van der Waals surface area contributed by atoms with Crippen LogP contribution in [0.4, 0.5) is 17.1 Å². The smallest absolute Gasteiger partial charge is 0.744 e. The molecule has 0 aromatic heterocycles. The topological polar surface area (TPSA) is 165 Å². The third kappa shape index (κ3) is 5.11. The molecule has 0 aliphatic rings. The number of nitrogen functional groups attached to an aromatic ring is 1. The van der Waals surface area contributed by atoms with E-state index >= 15 is 0 Å². The van der Waals surface area contributed by atoms with Crippen molar-refractivity contribution in [3.8, 4) is 0 Å². The minimum absolute atomic E-state index is 0. The fourth-order valence-corrected chi connectivity index (χ4v) is 4.14. The Balaban J connectivity index is 0.00000320. The third-order valence-corrected chi connectivity index (χ3v) is 6.22. The van der Waals surface area contributed by atoms with Crippen molar-refractivity contribution in [2.75, 3.05) is 5.73 Å². The number of anilines is 1. The van der Waals surface area contributed by atoms with Crippen LogP contribution in [0.3, 0.4) is 0 Å². The predicted octanol–water partition coefficient (Wildman–Crippen LogP) is 3.23. The van der Waals surface area contributed by atoms with Gasteiger partial charge in [0.2, 0.25) is 0 Å². The zero-order chi connectivity index (χ0) is 21.6. The van der Waals surface area contributed by atoms with Gasteiger partial charge in [0.25, 0.3) is 0 Å². The van der Waals surface area contributed by atoms with Crippen LogP contribution in [-0.2, 0) is 20.2 Å². The standard InChI is InChI=1S/C17H14ClN3O6S2.Ca/c1-9-6-15(28(22,23)24)14(7-12(9)18)21-20-13-8-16(29(25,26)27)17(19)11-5-3-2-4-10(11)13;/h2-8H,19H2,1H3,(H,22,23,24)(H,25,26,27);/q;+2/p-2. The normalized spacial score (nSPS) is 12.3. The van der Waals surface area contributed by atoms with Gasteiger partial charge in [0.15, 0.2) is 0 Å². The molecular formula is C17H12CaClN3O6S2. The maximum atomic E-state index is 11.5. The van der Waals surface area contributed by atoms with E-state index < -0.39 is 30.0 Å². The molecule has 0 unspecified atom stereocenters. The Kier molecular flexibility index (Phi) is 7.53. The first-order chi connectivity index (χ1) is 13.4. The summed E-state index contributed by atoms with van der Waals surface area (Å²) in [5.41, 5.74) is 5.52. The van der Waals surface area contributed by atoms with Crippen molar-refractivity contribution in [2.45, 2.75) is 16.7 Å². The number of benzene rings is 3. The van der Waals surface area contributed by atoms with Gasteiger partial charge in [-0.05, 0) is 30.7 Å². The first kappa shape index (κ1) is 25.0. The van der Waals surface area contributed by atoms with Gasteiger partial charge in [-0.25, -0.2) is 16.8 Å². The fraction of sp³-hybridized carbons (Fsp3) is 0.0588. The molecule has 0 aliphatic heterocycles. The summed E-state index contributed by atoms with van der Waals surface area (Å²) in [6, 6.07) is 9.42. The second-order valence-corrected chi connectivity index (χ2v) is 9.13. The molecule has 3 aromatic rings. The van der Waals surface area contributed by atoms with Crippen LogP contribution < -0.4 is 5.73 Å². The first-order valence-electron chi connectivity index (χ1n) is 7.84. The van der Waals surface area contributed by atoms with Gasteiger partial charge in [0.1, 0.15) is 25.9 Å². The summed E-state index contributed by atoms with van der Waals surface area (Å²) in [5, 5.41) is 8.40. The number of hydrogen-bond acceptors (Lipinski definition) is 9. The van der Waals surface area contributed by atoms with Gasteiger partial charge in [-0.1, -0.05) is 35.9 Å². The van der Waals surface area contributed by atoms with E-state index in [-0.39, 0.29) is 65.2 Å². The van der Waals surface area contributed by atoms with Gasteiger partial charge in [0.05, 0.1) is 21.2 Å². The molecule has 13 heteroatoms.